The molecule has 0 unspecified atom stereocenters. The van der Waals surface area contributed by atoms with Gasteiger partial charge in [-0.25, -0.2) is 4.39 Å². The van der Waals surface area contributed by atoms with E-state index in [1.807, 2.05) is 0 Å². The number of hydrogen-bond donors (Lipinski definition) is 2. The number of carbonyl (C=O) groups excluding carboxylic acids is 3. The van der Waals surface area contributed by atoms with Gasteiger partial charge < -0.3 is 0 Å². The smallest absolute Gasteiger partial charge is 0.266 e. The molecule has 3 amide bonds. The molecule has 1 aliphatic heterocycles. The molecule has 23 heavy (non-hydrogen) atoms. The molecule has 0 radical (unpaired) electrons. The summed E-state index contributed by atoms with van der Waals surface area (Å²) in [5.41, 5.74) is 4.52. The number of halogens is 1. The lowest BCUT2D eigenvalue weighted by atomic mass is 10.2. The van der Waals surface area contributed by atoms with Gasteiger partial charge in [0.15, 0.2) is 0 Å². The van der Waals surface area contributed by atoms with Gasteiger partial charge in [0.05, 0.1) is 4.91 Å². The first kappa shape index (κ1) is 17.1. The van der Waals surface area contributed by atoms with Gasteiger partial charge in [0.1, 0.15) is 16.7 Å². The molecule has 2 N–H and O–H groups in total. The van der Waals surface area contributed by atoms with Gasteiger partial charge in [-0.2, -0.15) is 0 Å². The molecular formula is C14H12FN3O3S2. The van der Waals surface area contributed by atoms with E-state index in [-0.39, 0.29) is 21.3 Å². The van der Waals surface area contributed by atoms with Gasteiger partial charge in [-0.3, -0.25) is 30.1 Å². The van der Waals surface area contributed by atoms with E-state index < -0.39 is 23.5 Å². The molecule has 1 heterocycles. The molecule has 0 atom stereocenters. The van der Waals surface area contributed by atoms with Crippen molar-refractivity contribution in [2.24, 2.45) is 0 Å². The van der Waals surface area contributed by atoms with Crippen molar-refractivity contribution in [3.05, 3.63) is 40.6 Å². The van der Waals surface area contributed by atoms with E-state index in [9.17, 15) is 18.8 Å². The standard InChI is InChI=1S/C14H12FN3O3S2/c1-8(19)16-17-12(20)7-18-13(21)11(23-14(18)22)6-9-4-2-3-5-10(9)15/h2-6H,7H2,1H3,(H,16,19)(H,17,20). The minimum absolute atomic E-state index is 0.190. The van der Waals surface area contributed by atoms with Crippen LogP contribution >= 0.6 is 24.0 Å². The fourth-order valence-corrected chi connectivity index (χ4v) is 2.96. The van der Waals surface area contributed by atoms with Crippen LogP contribution in [0.5, 0.6) is 0 Å². The summed E-state index contributed by atoms with van der Waals surface area (Å²) in [4.78, 5) is 35.9. The summed E-state index contributed by atoms with van der Waals surface area (Å²) in [7, 11) is 0. The highest BCUT2D eigenvalue weighted by Gasteiger charge is 2.33. The number of nitrogens with zero attached hydrogens (tertiary/aromatic N) is 1. The van der Waals surface area contributed by atoms with Crippen LogP contribution in [0.15, 0.2) is 29.2 Å². The van der Waals surface area contributed by atoms with Crippen LogP contribution in [0.2, 0.25) is 0 Å². The van der Waals surface area contributed by atoms with Gasteiger partial charge in [0.2, 0.25) is 5.91 Å². The van der Waals surface area contributed by atoms with Crippen molar-refractivity contribution in [2.45, 2.75) is 6.92 Å². The molecule has 120 valence electrons. The van der Waals surface area contributed by atoms with Crippen molar-refractivity contribution in [1.29, 1.82) is 0 Å². The van der Waals surface area contributed by atoms with Crippen molar-refractivity contribution in [3.8, 4) is 0 Å². The molecule has 9 heteroatoms. The highest BCUT2D eigenvalue weighted by Crippen LogP contribution is 2.32. The summed E-state index contributed by atoms with van der Waals surface area (Å²) < 4.78 is 13.8. The van der Waals surface area contributed by atoms with Gasteiger partial charge in [-0.05, 0) is 12.1 Å². The minimum Gasteiger partial charge on any atom is -0.283 e. The number of hydrogen-bond acceptors (Lipinski definition) is 5. The van der Waals surface area contributed by atoms with E-state index >= 15 is 0 Å². The second-order valence-corrected chi connectivity index (χ2v) is 6.19. The minimum atomic E-state index is -0.594. The number of carbonyl (C=O) groups is 3. The number of benzene rings is 1. The maximum absolute atomic E-state index is 13.6. The maximum atomic E-state index is 13.6. The lowest BCUT2D eigenvalue weighted by Crippen LogP contribution is -2.46. The number of thioether (sulfide) groups is 1. The predicted octanol–water partition coefficient (Wildman–Crippen LogP) is 1.19. The number of rotatable bonds is 3. The first-order chi connectivity index (χ1) is 10.9. The van der Waals surface area contributed by atoms with E-state index in [1.54, 1.807) is 12.1 Å². The molecule has 1 aliphatic rings. The van der Waals surface area contributed by atoms with Crippen LogP contribution < -0.4 is 10.9 Å². The van der Waals surface area contributed by atoms with Gasteiger partial charge in [-0.1, -0.05) is 42.2 Å². The topological polar surface area (TPSA) is 78.5 Å². The maximum Gasteiger partial charge on any atom is 0.266 e. The Morgan fingerprint density at radius 3 is 2.70 bits per heavy atom. The van der Waals surface area contributed by atoms with E-state index in [4.69, 9.17) is 12.2 Å². The van der Waals surface area contributed by atoms with Crippen LogP contribution in [0.1, 0.15) is 12.5 Å². The number of nitrogens with one attached hydrogen (secondary N) is 2. The lowest BCUT2D eigenvalue weighted by Gasteiger charge is -2.14. The summed E-state index contributed by atoms with van der Waals surface area (Å²) in [6, 6.07) is 6.01. The van der Waals surface area contributed by atoms with E-state index in [0.29, 0.717) is 0 Å². The number of amides is 3. The SMILES string of the molecule is CC(=O)NNC(=O)CN1C(=O)C(=Cc2ccccc2F)SC1=S. The Balaban J connectivity index is 2.09. The molecule has 1 fully saturated rings. The van der Waals surface area contributed by atoms with Crippen LogP contribution in [0.3, 0.4) is 0 Å². The third-order valence-electron chi connectivity index (χ3n) is 2.75. The molecule has 0 spiro atoms. The molecule has 1 saturated heterocycles. The molecule has 2 rings (SSSR count). The Morgan fingerprint density at radius 1 is 1.35 bits per heavy atom. The summed E-state index contributed by atoms with van der Waals surface area (Å²) >= 11 is 6.05. The van der Waals surface area contributed by atoms with Crippen LogP contribution in [0.25, 0.3) is 6.08 Å². The summed E-state index contributed by atoms with van der Waals surface area (Å²) in [5.74, 6) is -1.98. The zero-order valence-corrected chi connectivity index (χ0v) is 13.6. The Bertz CT molecular complexity index is 721. The second kappa shape index (κ2) is 7.34. The van der Waals surface area contributed by atoms with Crippen LogP contribution in [0.4, 0.5) is 4.39 Å². The van der Waals surface area contributed by atoms with Crippen molar-refractivity contribution >= 4 is 52.1 Å². The Labute approximate surface area is 141 Å². The van der Waals surface area contributed by atoms with Crippen molar-refractivity contribution in [3.63, 3.8) is 0 Å². The Morgan fingerprint density at radius 2 is 2.04 bits per heavy atom. The van der Waals surface area contributed by atoms with Crippen molar-refractivity contribution < 1.29 is 18.8 Å². The van der Waals surface area contributed by atoms with Gasteiger partial charge in [0, 0.05) is 12.5 Å². The normalized spacial score (nSPS) is 15.9. The van der Waals surface area contributed by atoms with Crippen molar-refractivity contribution in [1.82, 2.24) is 15.8 Å². The molecule has 6 nitrogen and oxygen atoms in total. The predicted molar refractivity (Wildman–Crippen MR) is 88.2 cm³/mol. The van der Waals surface area contributed by atoms with Gasteiger partial charge in [-0.15, -0.1) is 0 Å². The largest absolute Gasteiger partial charge is 0.283 e. The summed E-state index contributed by atoms with van der Waals surface area (Å²) in [5, 5.41) is 0. The molecule has 1 aromatic carbocycles. The van der Waals surface area contributed by atoms with Gasteiger partial charge >= 0.3 is 0 Å². The Hall–Kier alpha value is -2.26. The number of hydrazine groups is 1. The lowest BCUT2D eigenvalue weighted by molar-refractivity contribution is -0.131. The molecule has 1 aromatic rings. The van der Waals surface area contributed by atoms with E-state index in [0.717, 1.165) is 16.7 Å². The Kier molecular flexibility index (Phi) is 5.45. The first-order valence-corrected chi connectivity index (χ1v) is 7.66. The molecule has 0 bridgehead atoms. The van der Waals surface area contributed by atoms with Gasteiger partial charge in [0.25, 0.3) is 11.8 Å². The zero-order chi connectivity index (χ0) is 17.0. The average Bonchev–Trinajstić information content (AvgIpc) is 2.75. The highest BCUT2D eigenvalue weighted by molar-refractivity contribution is 8.26. The average molecular weight is 353 g/mol. The quantitative estimate of drug-likeness (QED) is 0.485. The van der Waals surface area contributed by atoms with Crippen LogP contribution in [0, 0.1) is 5.82 Å². The summed E-state index contributed by atoms with van der Waals surface area (Å²) in [6.45, 7) is 0.899. The fraction of sp³-hybridized carbons (Fsp3) is 0.143. The highest BCUT2D eigenvalue weighted by atomic mass is 32.2. The second-order valence-electron chi connectivity index (χ2n) is 4.52. The van der Waals surface area contributed by atoms with E-state index in [1.165, 1.54) is 25.1 Å². The molecule has 0 aliphatic carbocycles. The summed E-state index contributed by atoms with van der Waals surface area (Å²) in [6.07, 6.45) is 1.39. The zero-order valence-electron chi connectivity index (χ0n) is 12.0. The molecular weight excluding hydrogens is 341 g/mol. The van der Waals surface area contributed by atoms with Crippen molar-refractivity contribution in [2.75, 3.05) is 6.54 Å². The molecule has 0 aromatic heterocycles. The first-order valence-electron chi connectivity index (χ1n) is 6.44. The van der Waals surface area contributed by atoms with E-state index in [2.05, 4.69) is 10.9 Å². The third kappa shape index (κ3) is 4.36. The monoisotopic (exact) mass is 353 g/mol. The third-order valence-corrected chi connectivity index (χ3v) is 4.12. The van der Waals surface area contributed by atoms with Crippen LogP contribution in [-0.4, -0.2) is 33.5 Å². The number of thiocarbonyl (C=S) groups is 1. The fourth-order valence-electron chi connectivity index (χ4n) is 1.71. The van der Waals surface area contributed by atoms with Crippen LogP contribution in [-0.2, 0) is 14.4 Å². The molecule has 0 saturated carbocycles.